The van der Waals surface area contributed by atoms with Crippen molar-refractivity contribution in [3.63, 3.8) is 0 Å². The van der Waals surface area contributed by atoms with Gasteiger partial charge in [-0.1, -0.05) is 164 Å². The van der Waals surface area contributed by atoms with Crippen molar-refractivity contribution < 1.29 is 0 Å². The predicted octanol–water partition coefficient (Wildman–Crippen LogP) is 12.5. The Kier molecular flexibility index (Phi) is 8.53. The molecule has 0 atom stereocenters. The first-order valence-corrected chi connectivity index (χ1v) is 21.1. The average Bonchev–Trinajstić information content (AvgIpc) is 3.35. The second-order valence-corrected chi connectivity index (χ2v) is 15.8. The lowest BCUT2D eigenvalue weighted by molar-refractivity contribution is 1.11. The third kappa shape index (κ3) is 5.87. The van der Waals surface area contributed by atoms with Crippen LogP contribution in [0.5, 0.6) is 0 Å². The van der Waals surface area contributed by atoms with Crippen molar-refractivity contribution in [2.45, 2.75) is 0 Å². The van der Waals surface area contributed by atoms with Crippen LogP contribution in [-0.4, -0.2) is 16.7 Å². The summed E-state index contributed by atoms with van der Waals surface area (Å²) in [6.45, 7) is -0.160. The lowest BCUT2D eigenvalue weighted by Gasteiger charge is -2.43. The molecule has 12 rings (SSSR count). The number of aromatic nitrogens is 2. The fourth-order valence-corrected chi connectivity index (χ4v) is 9.48. The van der Waals surface area contributed by atoms with Crippen molar-refractivity contribution in [2.24, 2.45) is 0 Å². The fourth-order valence-electron chi connectivity index (χ4n) is 9.48. The van der Waals surface area contributed by atoms with E-state index in [1.54, 1.807) is 0 Å². The number of nitrogens with zero attached hydrogens (tertiary/aromatic N) is 5. The summed E-state index contributed by atoms with van der Waals surface area (Å²) in [7, 11) is 0. The Bertz CT molecular complexity index is 3210. The minimum Gasteiger partial charge on any atom is -0.311 e. The number of hydrogen-bond donors (Lipinski definition) is 0. The van der Waals surface area contributed by atoms with Crippen LogP contribution in [0.4, 0.5) is 51.6 Å². The van der Waals surface area contributed by atoms with Crippen LogP contribution in [0, 0.1) is 0 Å². The third-order valence-electron chi connectivity index (χ3n) is 12.2. The van der Waals surface area contributed by atoms with Gasteiger partial charge >= 0.3 is 0 Å². The molecule has 0 bridgehead atoms. The summed E-state index contributed by atoms with van der Waals surface area (Å²) >= 11 is 0. The van der Waals surface area contributed by atoms with Crippen LogP contribution in [0.1, 0.15) is 0 Å². The van der Waals surface area contributed by atoms with Gasteiger partial charge in [-0.15, -0.1) is 0 Å². The summed E-state index contributed by atoms with van der Waals surface area (Å²) in [4.78, 5) is 18.4. The molecule has 0 spiro atoms. The van der Waals surface area contributed by atoms with Crippen molar-refractivity contribution >= 4 is 85.5 Å². The van der Waals surface area contributed by atoms with Crippen molar-refractivity contribution in [1.82, 2.24) is 9.97 Å². The second-order valence-electron chi connectivity index (χ2n) is 15.8. The number of hydrogen-bond acceptors (Lipinski definition) is 5. The van der Waals surface area contributed by atoms with Crippen molar-refractivity contribution in [1.29, 1.82) is 0 Å². The minimum absolute atomic E-state index is 0.160. The number of rotatable bonds is 7. The number of pyridine rings is 2. The maximum absolute atomic E-state index is 5.73. The lowest BCUT2D eigenvalue weighted by atomic mass is 9.34. The van der Waals surface area contributed by atoms with E-state index in [1.807, 2.05) is 0 Å². The molecule has 0 amide bonds. The molecule has 290 valence electrons. The summed E-state index contributed by atoms with van der Waals surface area (Å²) in [6, 6.07) is 82.0. The first-order chi connectivity index (χ1) is 30.8. The highest BCUT2D eigenvalue weighted by molar-refractivity contribution is 7.00. The minimum atomic E-state index is -0.160. The molecule has 0 unspecified atom stereocenters. The quantitative estimate of drug-likeness (QED) is 0.150. The van der Waals surface area contributed by atoms with E-state index in [0.717, 1.165) is 73.8 Å². The summed E-state index contributed by atoms with van der Waals surface area (Å²) in [5, 5.41) is 2.45. The first-order valence-electron chi connectivity index (χ1n) is 21.1. The Labute approximate surface area is 361 Å². The number of anilines is 9. The van der Waals surface area contributed by atoms with Crippen LogP contribution in [0.25, 0.3) is 33.2 Å². The van der Waals surface area contributed by atoms with Gasteiger partial charge in [0.05, 0.1) is 5.69 Å². The van der Waals surface area contributed by atoms with Gasteiger partial charge in [0.1, 0.15) is 17.5 Å². The van der Waals surface area contributed by atoms with Gasteiger partial charge in [0.15, 0.2) is 0 Å². The fraction of sp³-hybridized carbons (Fsp3) is 0. The second kappa shape index (κ2) is 14.8. The molecule has 0 aliphatic carbocycles. The summed E-state index contributed by atoms with van der Waals surface area (Å²) in [5.74, 6) is 2.53. The van der Waals surface area contributed by atoms with E-state index in [0.29, 0.717) is 0 Å². The zero-order valence-electron chi connectivity index (χ0n) is 33.8. The highest BCUT2D eigenvalue weighted by Gasteiger charge is 2.45. The Morgan fingerprint density at radius 2 is 0.984 bits per heavy atom. The lowest BCUT2D eigenvalue weighted by Crippen LogP contribution is -2.62. The summed E-state index contributed by atoms with van der Waals surface area (Å²) in [5.41, 5.74) is 14.1. The van der Waals surface area contributed by atoms with E-state index >= 15 is 0 Å². The highest BCUT2D eigenvalue weighted by atomic mass is 15.3. The van der Waals surface area contributed by atoms with Gasteiger partial charge < -0.3 is 4.90 Å². The van der Waals surface area contributed by atoms with E-state index in [1.165, 1.54) is 27.4 Å². The van der Waals surface area contributed by atoms with E-state index in [4.69, 9.17) is 9.97 Å². The molecule has 4 heterocycles. The first kappa shape index (κ1) is 35.7. The number of fused-ring (bicyclic) bond motifs is 5. The molecule has 0 saturated carbocycles. The van der Waals surface area contributed by atoms with E-state index in [-0.39, 0.29) is 6.71 Å². The molecule has 0 saturated heterocycles. The normalized spacial score (nSPS) is 12.4. The van der Waals surface area contributed by atoms with Gasteiger partial charge in [0, 0.05) is 39.7 Å². The molecule has 10 aromatic rings. The summed E-state index contributed by atoms with van der Waals surface area (Å²) in [6.07, 6.45) is 0. The van der Waals surface area contributed by atoms with Gasteiger partial charge in [-0.25, -0.2) is 9.97 Å². The molecular formula is C56H38BN5. The Hall–Kier alpha value is -8.22. The Balaban J connectivity index is 1.17. The Morgan fingerprint density at radius 3 is 1.68 bits per heavy atom. The standard InChI is InChI=1S/C56H38BN5/c1-6-20-40(21-7-1)50-38-52-54-56(58-50)62(45-29-14-5-15-30-45)55-49(35-36-53(59-55)60(42-23-8-2-9-24-42)43-25-10-3-11-26-43)57(54)48-34-33-41(37-51(48)61(52)44-27-12-4-13-28-44)47-32-18-22-39-19-16-17-31-46(39)47/h1-38H. The van der Waals surface area contributed by atoms with Gasteiger partial charge in [-0.05, 0) is 105 Å². The summed E-state index contributed by atoms with van der Waals surface area (Å²) < 4.78 is 0. The van der Waals surface area contributed by atoms with Crippen LogP contribution in [-0.2, 0) is 0 Å². The maximum Gasteiger partial charge on any atom is 0.256 e. The van der Waals surface area contributed by atoms with Gasteiger partial charge in [-0.2, -0.15) is 0 Å². The molecule has 2 aromatic heterocycles. The zero-order chi connectivity index (χ0) is 41.0. The van der Waals surface area contributed by atoms with Crippen LogP contribution in [0.2, 0.25) is 0 Å². The van der Waals surface area contributed by atoms with Crippen molar-refractivity contribution in [3.8, 4) is 22.4 Å². The molecule has 2 aliphatic heterocycles. The topological polar surface area (TPSA) is 35.5 Å². The molecule has 0 N–H and O–H groups in total. The highest BCUT2D eigenvalue weighted by Crippen LogP contribution is 2.46. The number of benzene rings is 8. The van der Waals surface area contributed by atoms with Crippen LogP contribution >= 0.6 is 0 Å². The van der Waals surface area contributed by atoms with E-state index in [9.17, 15) is 0 Å². The largest absolute Gasteiger partial charge is 0.311 e. The van der Waals surface area contributed by atoms with Crippen molar-refractivity contribution in [2.75, 3.05) is 14.7 Å². The Morgan fingerprint density at radius 1 is 0.403 bits per heavy atom. The van der Waals surface area contributed by atoms with Crippen LogP contribution in [0.3, 0.4) is 0 Å². The molecule has 0 fully saturated rings. The smallest absolute Gasteiger partial charge is 0.256 e. The monoisotopic (exact) mass is 791 g/mol. The van der Waals surface area contributed by atoms with Crippen LogP contribution < -0.4 is 31.1 Å². The van der Waals surface area contributed by atoms with Gasteiger partial charge in [0.25, 0.3) is 6.71 Å². The SMILES string of the molecule is c1ccc(-c2cc3c4c(n2)N(c2ccccc2)c2nc(N(c5ccccc5)c5ccccc5)ccc2B4c2ccc(-c4cccc5ccccc45)cc2N3c2ccccc2)cc1. The molecule has 0 radical (unpaired) electrons. The van der Waals surface area contributed by atoms with Gasteiger partial charge in [-0.3, -0.25) is 9.80 Å². The molecule has 6 heteroatoms. The zero-order valence-corrected chi connectivity index (χ0v) is 33.8. The third-order valence-corrected chi connectivity index (χ3v) is 12.2. The van der Waals surface area contributed by atoms with Gasteiger partial charge in [0.2, 0.25) is 0 Å². The predicted molar refractivity (Wildman–Crippen MR) is 259 cm³/mol. The van der Waals surface area contributed by atoms with E-state index in [2.05, 4.69) is 245 Å². The van der Waals surface area contributed by atoms with Crippen LogP contribution in [0.15, 0.2) is 231 Å². The molecule has 5 nitrogen and oxygen atoms in total. The van der Waals surface area contributed by atoms with Crippen molar-refractivity contribution in [3.05, 3.63) is 231 Å². The molecular weight excluding hydrogens is 753 g/mol. The number of para-hydroxylation sites is 4. The average molecular weight is 792 g/mol. The van der Waals surface area contributed by atoms with E-state index < -0.39 is 0 Å². The molecule has 8 aromatic carbocycles. The molecule has 62 heavy (non-hydrogen) atoms. The maximum atomic E-state index is 5.73. The molecule has 2 aliphatic rings.